The predicted molar refractivity (Wildman–Crippen MR) is 82.3 cm³/mol. The summed E-state index contributed by atoms with van der Waals surface area (Å²) < 4.78 is 50.7. The van der Waals surface area contributed by atoms with E-state index in [1.807, 2.05) is 0 Å². The molecule has 1 heterocycles. The average Bonchev–Trinajstić information content (AvgIpc) is 2.97. The lowest BCUT2D eigenvalue weighted by Crippen LogP contribution is -2.54. The Bertz CT molecular complexity index is 710. The molecule has 4 nitrogen and oxygen atoms in total. The van der Waals surface area contributed by atoms with E-state index in [2.05, 4.69) is 0 Å². The van der Waals surface area contributed by atoms with Crippen LogP contribution in [0.5, 0.6) is 0 Å². The van der Waals surface area contributed by atoms with E-state index >= 15 is 0 Å². The first-order valence-electron chi connectivity index (χ1n) is 7.71. The standard InChI is InChI=1S/C16H19F2NO3S/c1-16(17,18)12-7-5-11(6-8-12)15(20)19-9-10-23(21,22)14-4-2-3-13(14)19/h5-8,13-14H,2-4,9-10H2,1H3/t13-,14-/m0/s1. The van der Waals surface area contributed by atoms with Gasteiger partial charge in [-0.1, -0.05) is 12.1 Å². The van der Waals surface area contributed by atoms with Gasteiger partial charge in [0.1, 0.15) is 0 Å². The molecule has 0 N–H and O–H groups in total. The number of hydrogen-bond donors (Lipinski definition) is 0. The van der Waals surface area contributed by atoms with E-state index in [1.54, 1.807) is 4.90 Å². The van der Waals surface area contributed by atoms with Crippen LogP contribution < -0.4 is 0 Å². The fraction of sp³-hybridized carbons (Fsp3) is 0.562. The van der Waals surface area contributed by atoms with Crippen molar-refractivity contribution in [3.63, 3.8) is 0 Å². The summed E-state index contributed by atoms with van der Waals surface area (Å²) in [6, 6.07) is 5.00. The van der Waals surface area contributed by atoms with E-state index in [4.69, 9.17) is 0 Å². The molecule has 2 atom stereocenters. The average molecular weight is 343 g/mol. The fourth-order valence-corrected chi connectivity index (χ4v) is 5.59. The van der Waals surface area contributed by atoms with E-state index in [-0.39, 0.29) is 29.8 Å². The van der Waals surface area contributed by atoms with Gasteiger partial charge in [-0.15, -0.1) is 0 Å². The van der Waals surface area contributed by atoms with Gasteiger partial charge in [-0.05, 0) is 31.4 Å². The molecule has 1 aliphatic carbocycles. The Balaban J connectivity index is 1.83. The number of nitrogens with zero attached hydrogens (tertiary/aromatic N) is 1. The number of rotatable bonds is 2. The number of fused-ring (bicyclic) bond motifs is 1. The minimum Gasteiger partial charge on any atom is -0.333 e. The molecule has 0 bridgehead atoms. The molecule has 23 heavy (non-hydrogen) atoms. The molecule has 0 radical (unpaired) electrons. The van der Waals surface area contributed by atoms with Crippen molar-refractivity contribution >= 4 is 15.7 Å². The maximum absolute atomic E-state index is 13.2. The van der Waals surface area contributed by atoms with Crippen molar-refractivity contribution in [2.75, 3.05) is 12.3 Å². The molecule has 1 saturated carbocycles. The van der Waals surface area contributed by atoms with E-state index in [0.29, 0.717) is 18.4 Å². The van der Waals surface area contributed by atoms with Crippen LogP contribution in [0.2, 0.25) is 0 Å². The summed E-state index contributed by atoms with van der Waals surface area (Å²) >= 11 is 0. The van der Waals surface area contributed by atoms with Gasteiger partial charge in [-0.25, -0.2) is 17.2 Å². The highest BCUT2D eigenvalue weighted by Crippen LogP contribution is 2.34. The summed E-state index contributed by atoms with van der Waals surface area (Å²) in [5, 5.41) is -0.473. The Morgan fingerprint density at radius 1 is 1.22 bits per heavy atom. The third-order valence-electron chi connectivity index (χ3n) is 4.80. The van der Waals surface area contributed by atoms with Crippen LogP contribution in [0.15, 0.2) is 24.3 Å². The summed E-state index contributed by atoms with van der Waals surface area (Å²) in [6.45, 7) is 0.983. The SMILES string of the molecule is CC(F)(F)c1ccc(C(=O)N2CCS(=O)(=O)[C@H]3CCC[C@@H]32)cc1. The first kappa shape index (κ1) is 16.4. The molecular formula is C16H19F2NO3S. The Hall–Kier alpha value is -1.50. The summed E-state index contributed by atoms with van der Waals surface area (Å²) in [4.78, 5) is 14.3. The molecular weight excluding hydrogens is 324 g/mol. The smallest absolute Gasteiger partial charge is 0.270 e. The zero-order valence-electron chi connectivity index (χ0n) is 12.8. The van der Waals surface area contributed by atoms with Crippen LogP contribution in [0.4, 0.5) is 8.78 Å². The Labute approximate surface area is 134 Å². The minimum atomic E-state index is -3.13. The summed E-state index contributed by atoms with van der Waals surface area (Å²) in [5.41, 5.74) is 0.178. The first-order valence-corrected chi connectivity index (χ1v) is 9.42. The van der Waals surface area contributed by atoms with Gasteiger partial charge in [-0.2, -0.15) is 0 Å². The number of halogens is 2. The van der Waals surface area contributed by atoms with Crippen LogP contribution in [-0.2, 0) is 15.8 Å². The fourth-order valence-electron chi connectivity index (χ4n) is 3.55. The highest BCUT2D eigenvalue weighted by Gasteiger charge is 2.46. The topological polar surface area (TPSA) is 54.5 Å². The van der Waals surface area contributed by atoms with Crippen molar-refractivity contribution in [3.8, 4) is 0 Å². The van der Waals surface area contributed by atoms with Crippen LogP contribution in [0.1, 0.15) is 42.1 Å². The van der Waals surface area contributed by atoms with Crippen LogP contribution in [-0.4, -0.2) is 42.8 Å². The normalized spacial score (nSPS) is 26.8. The van der Waals surface area contributed by atoms with E-state index < -0.39 is 21.0 Å². The number of carbonyl (C=O) groups excluding carboxylic acids is 1. The van der Waals surface area contributed by atoms with Gasteiger partial charge in [0.15, 0.2) is 9.84 Å². The van der Waals surface area contributed by atoms with Crippen molar-refractivity contribution in [3.05, 3.63) is 35.4 Å². The van der Waals surface area contributed by atoms with Crippen molar-refractivity contribution < 1.29 is 22.0 Å². The third-order valence-corrected chi connectivity index (χ3v) is 7.02. The van der Waals surface area contributed by atoms with Crippen LogP contribution >= 0.6 is 0 Å². The van der Waals surface area contributed by atoms with Crippen LogP contribution in [0.3, 0.4) is 0 Å². The quantitative estimate of drug-likeness (QED) is 0.829. The van der Waals surface area contributed by atoms with Gasteiger partial charge in [0, 0.05) is 30.6 Å². The molecule has 0 unspecified atom stereocenters. The van der Waals surface area contributed by atoms with Crippen molar-refractivity contribution in [2.45, 2.75) is 43.4 Å². The Morgan fingerprint density at radius 3 is 2.48 bits per heavy atom. The lowest BCUT2D eigenvalue weighted by atomic mass is 10.1. The third kappa shape index (κ3) is 2.98. The van der Waals surface area contributed by atoms with Crippen LogP contribution in [0, 0.1) is 0 Å². The largest absolute Gasteiger partial charge is 0.333 e. The maximum Gasteiger partial charge on any atom is 0.270 e. The molecule has 1 aromatic carbocycles. The molecule has 7 heteroatoms. The van der Waals surface area contributed by atoms with Gasteiger partial charge in [0.2, 0.25) is 0 Å². The molecule has 1 saturated heterocycles. The van der Waals surface area contributed by atoms with Gasteiger partial charge in [0.05, 0.1) is 11.0 Å². The second kappa shape index (κ2) is 5.54. The minimum absolute atomic E-state index is 0.0228. The second-order valence-electron chi connectivity index (χ2n) is 6.37. The van der Waals surface area contributed by atoms with Gasteiger partial charge < -0.3 is 4.90 Å². The van der Waals surface area contributed by atoms with E-state index in [0.717, 1.165) is 13.3 Å². The predicted octanol–water partition coefficient (Wildman–Crippen LogP) is 2.59. The lowest BCUT2D eigenvalue weighted by molar-refractivity contribution is 0.0174. The number of benzene rings is 1. The zero-order chi connectivity index (χ0) is 16.8. The summed E-state index contributed by atoms with van der Waals surface area (Å²) in [7, 11) is -3.13. The molecule has 0 aromatic heterocycles. The number of carbonyl (C=O) groups is 1. The molecule has 3 rings (SSSR count). The van der Waals surface area contributed by atoms with Crippen molar-refractivity contribution in [1.82, 2.24) is 4.90 Å². The van der Waals surface area contributed by atoms with Gasteiger partial charge in [-0.3, -0.25) is 4.79 Å². The number of hydrogen-bond acceptors (Lipinski definition) is 3. The van der Waals surface area contributed by atoms with Crippen molar-refractivity contribution in [2.24, 2.45) is 0 Å². The van der Waals surface area contributed by atoms with Crippen molar-refractivity contribution in [1.29, 1.82) is 0 Å². The number of alkyl halides is 2. The van der Waals surface area contributed by atoms with Crippen LogP contribution in [0.25, 0.3) is 0 Å². The molecule has 126 valence electrons. The Morgan fingerprint density at radius 2 is 1.87 bits per heavy atom. The molecule has 0 spiro atoms. The summed E-state index contributed by atoms with van der Waals surface area (Å²) in [6.07, 6.45) is 2.07. The number of amides is 1. The molecule has 1 aromatic rings. The van der Waals surface area contributed by atoms with Gasteiger partial charge >= 0.3 is 0 Å². The Kier molecular flexibility index (Phi) is 3.94. The van der Waals surface area contributed by atoms with Gasteiger partial charge in [0.25, 0.3) is 11.8 Å². The highest BCUT2D eigenvalue weighted by atomic mass is 32.2. The monoisotopic (exact) mass is 343 g/mol. The van der Waals surface area contributed by atoms with E-state index in [9.17, 15) is 22.0 Å². The number of sulfone groups is 1. The molecule has 1 amide bonds. The second-order valence-corrected chi connectivity index (χ2v) is 8.71. The maximum atomic E-state index is 13.2. The lowest BCUT2D eigenvalue weighted by Gasteiger charge is -2.37. The molecule has 2 aliphatic rings. The molecule has 2 fully saturated rings. The van der Waals surface area contributed by atoms with E-state index in [1.165, 1.54) is 24.3 Å². The molecule has 1 aliphatic heterocycles. The zero-order valence-corrected chi connectivity index (χ0v) is 13.7. The summed E-state index contributed by atoms with van der Waals surface area (Å²) in [5.74, 6) is -3.25. The highest BCUT2D eigenvalue weighted by molar-refractivity contribution is 7.92. The first-order chi connectivity index (χ1) is 10.7.